The Labute approximate surface area is 166 Å². The van der Waals surface area contributed by atoms with Crippen LogP contribution in [0.5, 0.6) is 0 Å². The van der Waals surface area contributed by atoms with Crippen LogP contribution in [0.3, 0.4) is 0 Å². The van der Waals surface area contributed by atoms with E-state index in [0.29, 0.717) is 22.3 Å². The number of carbonyl (C=O) groups excluding carboxylic acids is 1. The quantitative estimate of drug-likeness (QED) is 0.674. The van der Waals surface area contributed by atoms with Gasteiger partial charge in [0.1, 0.15) is 5.82 Å². The molecular weight excluding hydrogens is 385 g/mol. The Kier molecular flexibility index (Phi) is 5.01. The maximum Gasteiger partial charge on any atom is 0.319 e. The van der Waals surface area contributed by atoms with Crippen molar-refractivity contribution in [2.24, 2.45) is 0 Å². The van der Waals surface area contributed by atoms with Crippen LogP contribution in [0.15, 0.2) is 42.5 Å². The van der Waals surface area contributed by atoms with E-state index in [0.717, 1.165) is 42.2 Å². The van der Waals surface area contributed by atoms with Gasteiger partial charge in [0.2, 0.25) is 0 Å². The van der Waals surface area contributed by atoms with E-state index in [1.165, 1.54) is 0 Å². The summed E-state index contributed by atoms with van der Waals surface area (Å²) in [6.07, 6.45) is 2.02. The number of aromatic nitrogens is 3. The first-order valence-electron chi connectivity index (χ1n) is 8.61. The summed E-state index contributed by atoms with van der Waals surface area (Å²) >= 11 is 12.1. The van der Waals surface area contributed by atoms with Crippen LogP contribution in [0, 0.1) is 0 Å². The van der Waals surface area contributed by atoms with Gasteiger partial charge in [0.15, 0.2) is 5.82 Å². The number of benzene rings is 2. The molecule has 0 unspecified atom stereocenters. The first-order chi connectivity index (χ1) is 13.1. The monoisotopic (exact) mass is 401 g/mol. The second-order valence-electron chi connectivity index (χ2n) is 6.31. The van der Waals surface area contributed by atoms with Crippen molar-refractivity contribution < 1.29 is 4.79 Å². The molecule has 6 nitrogen and oxygen atoms in total. The van der Waals surface area contributed by atoms with E-state index < -0.39 is 0 Å². The zero-order chi connectivity index (χ0) is 18.8. The first-order valence-corrected chi connectivity index (χ1v) is 9.37. The van der Waals surface area contributed by atoms with Crippen molar-refractivity contribution in [1.29, 1.82) is 0 Å². The van der Waals surface area contributed by atoms with E-state index in [1.54, 1.807) is 12.1 Å². The molecule has 2 N–H and O–H groups in total. The van der Waals surface area contributed by atoms with Crippen molar-refractivity contribution in [2.75, 3.05) is 5.32 Å². The average Bonchev–Trinajstić information content (AvgIpc) is 3.26. The van der Waals surface area contributed by atoms with Gasteiger partial charge in [-0.2, -0.15) is 0 Å². The van der Waals surface area contributed by atoms with Gasteiger partial charge in [-0.25, -0.2) is 4.79 Å². The largest absolute Gasteiger partial charge is 0.331 e. The Morgan fingerprint density at radius 2 is 1.93 bits per heavy atom. The van der Waals surface area contributed by atoms with Gasteiger partial charge in [-0.05, 0) is 41.8 Å². The number of fused-ring (bicyclic) bond motifs is 1. The number of amides is 2. The van der Waals surface area contributed by atoms with E-state index in [9.17, 15) is 4.79 Å². The summed E-state index contributed by atoms with van der Waals surface area (Å²) in [5, 5.41) is 14.9. The van der Waals surface area contributed by atoms with Crippen LogP contribution in [0.25, 0.3) is 11.1 Å². The molecule has 8 heteroatoms. The van der Waals surface area contributed by atoms with Crippen molar-refractivity contribution in [3.8, 4) is 11.1 Å². The van der Waals surface area contributed by atoms with Crippen LogP contribution in [-0.2, 0) is 19.5 Å². The minimum Gasteiger partial charge on any atom is -0.331 e. The Balaban J connectivity index is 1.41. The molecule has 0 aliphatic carbocycles. The van der Waals surface area contributed by atoms with Crippen molar-refractivity contribution in [3.63, 3.8) is 0 Å². The second kappa shape index (κ2) is 7.58. The van der Waals surface area contributed by atoms with Gasteiger partial charge in [-0.3, -0.25) is 0 Å². The van der Waals surface area contributed by atoms with Crippen LogP contribution >= 0.6 is 23.2 Å². The topological polar surface area (TPSA) is 71.8 Å². The number of nitrogens with one attached hydrogen (secondary N) is 2. The number of carbonyl (C=O) groups is 1. The highest BCUT2D eigenvalue weighted by atomic mass is 35.5. The summed E-state index contributed by atoms with van der Waals surface area (Å²) in [5.41, 5.74) is 2.54. The molecule has 0 saturated heterocycles. The lowest BCUT2D eigenvalue weighted by atomic mass is 10.1. The normalized spacial score (nSPS) is 12.7. The number of aryl methyl sites for hydroxylation is 1. The molecule has 2 heterocycles. The van der Waals surface area contributed by atoms with Gasteiger partial charge in [0, 0.05) is 18.7 Å². The van der Waals surface area contributed by atoms with Crippen molar-refractivity contribution >= 4 is 34.9 Å². The van der Waals surface area contributed by atoms with Gasteiger partial charge in [-0.1, -0.05) is 41.4 Å². The van der Waals surface area contributed by atoms with Gasteiger partial charge in [0.05, 0.1) is 16.6 Å². The van der Waals surface area contributed by atoms with Gasteiger partial charge < -0.3 is 15.2 Å². The average molecular weight is 402 g/mol. The van der Waals surface area contributed by atoms with E-state index >= 15 is 0 Å². The highest BCUT2D eigenvalue weighted by Crippen LogP contribution is 2.29. The summed E-state index contributed by atoms with van der Waals surface area (Å²) in [5.74, 6) is 1.77. The molecule has 138 valence electrons. The molecular formula is C19H17Cl2N5O. The third kappa shape index (κ3) is 3.91. The van der Waals surface area contributed by atoms with Crippen LogP contribution in [0.4, 0.5) is 10.5 Å². The predicted octanol–water partition coefficient (Wildman–Crippen LogP) is 4.52. The van der Waals surface area contributed by atoms with Crippen molar-refractivity contribution in [1.82, 2.24) is 20.1 Å². The Morgan fingerprint density at radius 1 is 1.07 bits per heavy atom. The zero-order valence-corrected chi connectivity index (χ0v) is 15.9. The lowest BCUT2D eigenvalue weighted by Crippen LogP contribution is -2.29. The first kappa shape index (κ1) is 17.8. The molecule has 2 amide bonds. The number of urea groups is 1. The van der Waals surface area contributed by atoms with Gasteiger partial charge in [-0.15, -0.1) is 10.2 Å². The van der Waals surface area contributed by atoms with Crippen LogP contribution in [0.2, 0.25) is 10.0 Å². The van der Waals surface area contributed by atoms with Gasteiger partial charge in [0.25, 0.3) is 0 Å². The lowest BCUT2D eigenvalue weighted by Gasteiger charge is -2.10. The van der Waals surface area contributed by atoms with Crippen molar-refractivity contribution in [2.45, 2.75) is 25.9 Å². The minimum atomic E-state index is -0.295. The van der Waals surface area contributed by atoms with E-state index in [2.05, 4.69) is 25.4 Å². The maximum atomic E-state index is 12.2. The molecule has 0 radical (unpaired) electrons. The number of halogens is 2. The maximum absolute atomic E-state index is 12.2. The molecule has 2 aromatic carbocycles. The molecule has 0 bridgehead atoms. The Bertz CT molecular complexity index is 1000. The number of rotatable bonds is 4. The van der Waals surface area contributed by atoms with E-state index in [1.807, 2.05) is 30.3 Å². The summed E-state index contributed by atoms with van der Waals surface area (Å²) in [4.78, 5) is 12.2. The van der Waals surface area contributed by atoms with Gasteiger partial charge >= 0.3 is 6.03 Å². The SMILES string of the molecule is O=C(NCc1nnc2n1CCC2)Nc1cccc(-c2ccc(Cl)c(Cl)c2)c1. The summed E-state index contributed by atoms with van der Waals surface area (Å²) in [6, 6.07) is 12.7. The number of hydrogen-bond acceptors (Lipinski definition) is 3. The fraction of sp³-hybridized carbons (Fsp3) is 0.211. The predicted molar refractivity (Wildman–Crippen MR) is 106 cm³/mol. The lowest BCUT2D eigenvalue weighted by molar-refractivity contribution is 0.251. The number of nitrogens with zero attached hydrogens (tertiary/aromatic N) is 3. The van der Waals surface area contributed by atoms with Crippen molar-refractivity contribution in [3.05, 3.63) is 64.2 Å². The smallest absolute Gasteiger partial charge is 0.319 e. The van der Waals surface area contributed by atoms with E-state index in [-0.39, 0.29) is 6.03 Å². The van der Waals surface area contributed by atoms with Crippen LogP contribution < -0.4 is 10.6 Å². The van der Waals surface area contributed by atoms with E-state index in [4.69, 9.17) is 23.2 Å². The fourth-order valence-electron chi connectivity index (χ4n) is 3.13. The molecule has 0 spiro atoms. The minimum absolute atomic E-state index is 0.295. The summed E-state index contributed by atoms with van der Waals surface area (Å²) in [7, 11) is 0. The second-order valence-corrected chi connectivity index (χ2v) is 7.12. The zero-order valence-electron chi connectivity index (χ0n) is 14.4. The standard InChI is InChI=1S/C19H17Cl2N5O/c20-15-7-6-13(10-16(15)21)12-3-1-4-14(9-12)23-19(27)22-11-18-25-24-17-5-2-8-26(17)18/h1,3-4,6-7,9-10H,2,5,8,11H2,(H2,22,23,27). The Hall–Kier alpha value is -2.57. The molecule has 1 aliphatic rings. The molecule has 1 aromatic heterocycles. The summed E-state index contributed by atoms with van der Waals surface area (Å²) in [6.45, 7) is 1.25. The molecule has 27 heavy (non-hydrogen) atoms. The van der Waals surface area contributed by atoms with Crippen LogP contribution in [-0.4, -0.2) is 20.8 Å². The number of anilines is 1. The number of hydrogen-bond donors (Lipinski definition) is 2. The molecule has 3 aromatic rings. The van der Waals surface area contributed by atoms with Crippen LogP contribution in [0.1, 0.15) is 18.1 Å². The third-order valence-corrected chi connectivity index (χ3v) is 5.21. The summed E-state index contributed by atoms with van der Waals surface area (Å²) < 4.78 is 2.06. The molecule has 0 saturated carbocycles. The third-order valence-electron chi connectivity index (χ3n) is 4.47. The Morgan fingerprint density at radius 3 is 2.78 bits per heavy atom. The molecule has 0 atom stereocenters. The fourth-order valence-corrected chi connectivity index (χ4v) is 3.43. The molecule has 0 fully saturated rings. The molecule has 1 aliphatic heterocycles. The highest BCUT2D eigenvalue weighted by Gasteiger charge is 2.17. The molecule has 4 rings (SSSR count). The highest BCUT2D eigenvalue weighted by molar-refractivity contribution is 6.42.